The largest absolute Gasteiger partial charge is 0.285 e. The van der Waals surface area contributed by atoms with Crippen LogP contribution in [-0.4, -0.2) is 18.9 Å². The maximum absolute atomic E-state index is 13.3. The Morgan fingerprint density at radius 1 is 0.933 bits per heavy atom. The van der Waals surface area contributed by atoms with E-state index < -0.39 is 4.92 Å². The predicted octanol–water partition coefficient (Wildman–Crippen LogP) is 4.98. The van der Waals surface area contributed by atoms with E-state index in [2.05, 4.69) is 15.9 Å². The SMILES string of the molecule is O=c1c2ccccc2nc2n(-c3ccc([N+](=O)[O-])cc3)cc(-c3ccc(Br)cc3)n12. The quantitative estimate of drug-likeness (QED) is 0.281. The molecule has 0 aliphatic rings. The molecule has 0 N–H and O–H groups in total. The van der Waals surface area contributed by atoms with Crippen molar-refractivity contribution >= 4 is 38.3 Å². The second-order valence-corrected chi connectivity index (χ2v) is 7.65. The van der Waals surface area contributed by atoms with Gasteiger partial charge in [0, 0.05) is 34.1 Å². The fourth-order valence-corrected chi connectivity index (χ4v) is 3.75. The normalized spacial score (nSPS) is 11.2. The van der Waals surface area contributed by atoms with E-state index in [0.29, 0.717) is 28.1 Å². The molecule has 146 valence electrons. The molecule has 0 aliphatic heterocycles. The highest BCUT2D eigenvalue weighted by Gasteiger charge is 2.17. The van der Waals surface area contributed by atoms with Crippen molar-refractivity contribution in [3.63, 3.8) is 0 Å². The molecule has 2 aromatic heterocycles. The molecule has 0 saturated heterocycles. The fraction of sp³-hybridized carbons (Fsp3) is 0. The van der Waals surface area contributed by atoms with Crippen LogP contribution in [-0.2, 0) is 0 Å². The van der Waals surface area contributed by atoms with Crippen LogP contribution in [0.5, 0.6) is 0 Å². The molecule has 0 fully saturated rings. The number of nitrogens with zero attached hydrogens (tertiary/aromatic N) is 4. The first kappa shape index (κ1) is 18.3. The van der Waals surface area contributed by atoms with Gasteiger partial charge in [0.25, 0.3) is 11.2 Å². The van der Waals surface area contributed by atoms with E-state index in [4.69, 9.17) is 4.98 Å². The highest BCUT2D eigenvalue weighted by molar-refractivity contribution is 9.10. The van der Waals surface area contributed by atoms with E-state index in [1.165, 1.54) is 12.1 Å². The van der Waals surface area contributed by atoms with Gasteiger partial charge in [-0.1, -0.05) is 40.2 Å². The number of hydrogen-bond donors (Lipinski definition) is 0. The molecule has 0 atom stereocenters. The first-order chi connectivity index (χ1) is 14.5. The van der Waals surface area contributed by atoms with Crippen molar-refractivity contribution in [1.29, 1.82) is 0 Å². The summed E-state index contributed by atoms with van der Waals surface area (Å²) in [5.74, 6) is 0.436. The van der Waals surface area contributed by atoms with E-state index in [1.54, 1.807) is 33.2 Å². The zero-order valence-corrected chi connectivity index (χ0v) is 17.0. The molecule has 0 radical (unpaired) electrons. The summed E-state index contributed by atoms with van der Waals surface area (Å²) in [6.07, 6.45) is 1.83. The van der Waals surface area contributed by atoms with Crippen LogP contribution in [0.1, 0.15) is 0 Å². The number of hydrogen-bond acceptors (Lipinski definition) is 4. The van der Waals surface area contributed by atoms with Crippen LogP contribution in [0.4, 0.5) is 5.69 Å². The number of aromatic nitrogens is 3. The van der Waals surface area contributed by atoms with E-state index in [1.807, 2.05) is 42.6 Å². The number of fused-ring (bicyclic) bond motifs is 2. The minimum absolute atomic E-state index is 0.000999. The number of halogens is 1. The van der Waals surface area contributed by atoms with Crippen LogP contribution in [0.2, 0.25) is 0 Å². The first-order valence-electron chi connectivity index (χ1n) is 9.06. The predicted molar refractivity (Wildman–Crippen MR) is 118 cm³/mol. The maximum Gasteiger partial charge on any atom is 0.269 e. The Morgan fingerprint density at radius 3 is 2.33 bits per heavy atom. The number of non-ortho nitro benzene ring substituents is 1. The Morgan fingerprint density at radius 2 is 1.63 bits per heavy atom. The lowest BCUT2D eigenvalue weighted by Gasteiger charge is -2.05. The van der Waals surface area contributed by atoms with Gasteiger partial charge >= 0.3 is 0 Å². The molecule has 3 aromatic carbocycles. The summed E-state index contributed by atoms with van der Waals surface area (Å²) in [5, 5.41) is 11.5. The number of rotatable bonds is 3. The molecule has 0 bridgehead atoms. The molecule has 30 heavy (non-hydrogen) atoms. The molecule has 0 unspecified atom stereocenters. The lowest BCUT2D eigenvalue weighted by atomic mass is 10.1. The third kappa shape index (κ3) is 2.89. The minimum atomic E-state index is -0.443. The maximum atomic E-state index is 13.3. The average molecular weight is 461 g/mol. The van der Waals surface area contributed by atoms with Crippen LogP contribution in [0, 0.1) is 10.1 Å². The van der Waals surface area contributed by atoms with Crippen LogP contribution >= 0.6 is 15.9 Å². The molecule has 2 heterocycles. The zero-order valence-electron chi connectivity index (χ0n) is 15.4. The van der Waals surface area contributed by atoms with E-state index in [0.717, 1.165) is 10.0 Å². The standard InChI is InChI=1S/C22H13BrN4O3/c23-15-7-5-14(6-8-15)20-13-25(16-9-11-17(12-10-16)27(29)30)22-24-19-4-2-1-3-18(19)21(28)26(20)22/h1-13H. The van der Waals surface area contributed by atoms with Crippen LogP contribution in [0.25, 0.3) is 33.6 Å². The van der Waals surface area contributed by atoms with E-state index in [-0.39, 0.29) is 11.2 Å². The molecule has 0 saturated carbocycles. The number of nitro benzene ring substituents is 1. The van der Waals surface area contributed by atoms with Gasteiger partial charge in [0.05, 0.1) is 21.5 Å². The molecule has 7 nitrogen and oxygen atoms in total. The van der Waals surface area contributed by atoms with Gasteiger partial charge in [-0.25, -0.2) is 9.38 Å². The Hall–Kier alpha value is -3.78. The molecule has 5 rings (SSSR count). The van der Waals surface area contributed by atoms with Crippen molar-refractivity contribution in [2.75, 3.05) is 0 Å². The lowest BCUT2D eigenvalue weighted by Crippen LogP contribution is -2.16. The van der Waals surface area contributed by atoms with Gasteiger partial charge in [-0.2, -0.15) is 0 Å². The molecule has 5 aromatic rings. The van der Waals surface area contributed by atoms with Gasteiger partial charge < -0.3 is 0 Å². The molecule has 0 aliphatic carbocycles. The van der Waals surface area contributed by atoms with Gasteiger partial charge in [0.2, 0.25) is 5.78 Å². The molecule has 0 spiro atoms. The third-order valence-electron chi connectivity index (χ3n) is 4.94. The molecule has 8 heteroatoms. The van der Waals surface area contributed by atoms with Crippen LogP contribution in [0.3, 0.4) is 0 Å². The van der Waals surface area contributed by atoms with Crippen molar-refractivity contribution in [3.05, 3.63) is 104 Å². The number of nitro groups is 1. The number of para-hydroxylation sites is 1. The smallest absolute Gasteiger partial charge is 0.269 e. The van der Waals surface area contributed by atoms with Crippen molar-refractivity contribution < 1.29 is 4.92 Å². The van der Waals surface area contributed by atoms with Gasteiger partial charge in [0.1, 0.15) is 0 Å². The Kier molecular flexibility index (Phi) is 4.22. The summed E-state index contributed by atoms with van der Waals surface area (Å²) >= 11 is 3.43. The van der Waals surface area contributed by atoms with E-state index in [9.17, 15) is 14.9 Å². The Bertz CT molecular complexity index is 1490. The average Bonchev–Trinajstić information content (AvgIpc) is 3.14. The summed E-state index contributed by atoms with van der Waals surface area (Å²) in [7, 11) is 0. The monoisotopic (exact) mass is 460 g/mol. The van der Waals surface area contributed by atoms with Crippen molar-refractivity contribution in [3.8, 4) is 16.9 Å². The van der Waals surface area contributed by atoms with Crippen molar-refractivity contribution in [2.24, 2.45) is 0 Å². The second-order valence-electron chi connectivity index (χ2n) is 6.73. The second kappa shape index (κ2) is 6.93. The third-order valence-corrected chi connectivity index (χ3v) is 5.47. The summed E-state index contributed by atoms with van der Waals surface area (Å²) in [6.45, 7) is 0. The summed E-state index contributed by atoms with van der Waals surface area (Å²) in [4.78, 5) is 28.6. The van der Waals surface area contributed by atoms with E-state index >= 15 is 0 Å². The number of benzene rings is 3. The van der Waals surface area contributed by atoms with Crippen LogP contribution in [0.15, 0.2) is 88.3 Å². The molecular weight excluding hydrogens is 448 g/mol. The van der Waals surface area contributed by atoms with Gasteiger partial charge in [0.15, 0.2) is 0 Å². The lowest BCUT2D eigenvalue weighted by molar-refractivity contribution is -0.384. The molecule has 0 amide bonds. The van der Waals surface area contributed by atoms with Gasteiger partial charge in [-0.15, -0.1) is 0 Å². The van der Waals surface area contributed by atoms with Gasteiger partial charge in [-0.3, -0.25) is 19.5 Å². The highest BCUT2D eigenvalue weighted by Crippen LogP contribution is 2.27. The summed E-state index contributed by atoms with van der Waals surface area (Å²) in [6, 6.07) is 21.0. The zero-order chi connectivity index (χ0) is 20.8. The Labute approximate surface area is 178 Å². The summed E-state index contributed by atoms with van der Waals surface area (Å²) in [5.41, 5.74) is 2.62. The van der Waals surface area contributed by atoms with Crippen LogP contribution < -0.4 is 5.56 Å². The fourth-order valence-electron chi connectivity index (χ4n) is 3.49. The van der Waals surface area contributed by atoms with Gasteiger partial charge in [-0.05, 0) is 36.4 Å². The van der Waals surface area contributed by atoms with Crippen molar-refractivity contribution in [2.45, 2.75) is 0 Å². The Balaban J connectivity index is 1.85. The highest BCUT2D eigenvalue weighted by atomic mass is 79.9. The minimum Gasteiger partial charge on any atom is -0.285 e. The topological polar surface area (TPSA) is 82.4 Å². The van der Waals surface area contributed by atoms with Crippen molar-refractivity contribution in [1.82, 2.24) is 14.0 Å². The molecular formula is C22H13BrN4O3. The number of imidazole rings is 1. The summed E-state index contributed by atoms with van der Waals surface area (Å²) < 4.78 is 4.28. The first-order valence-corrected chi connectivity index (χ1v) is 9.86.